The number of Topliss-reactive ketones (excluding diaryl/α,β-unsaturated/α-hetero) is 1. The molecule has 0 radical (unpaired) electrons. The van der Waals surface area contributed by atoms with Crippen molar-refractivity contribution in [2.24, 2.45) is 0 Å². The second-order valence-electron chi connectivity index (χ2n) is 6.50. The van der Waals surface area contributed by atoms with Crippen LogP contribution in [0.1, 0.15) is 18.9 Å². The molecule has 2 aromatic carbocycles. The number of carbonyl (C=O) groups excluding carboxylic acids is 2. The van der Waals surface area contributed by atoms with Crippen molar-refractivity contribution in [1.29, 1.82) is 0 Å². The average molecular weight is 404 g/mol. The van der Waals surface area contributed by atoms with E-state index in [9.17, 15) is 18.0 Å². The molecular formula is C20H24N2O5S. The summed E-state index contributed by atoms with van der Waals surface area (Å²) in [7, 11) is -0.687. The number of nitrogens with one attached hydrogen (secondary N) is 1. The summed E-state index contributed by atoms with van der Waals surface area (Å²) >= 11 is 0. The third-order valence-electron chi connectivity index (χ3n) is 3.96. The highest BCUT2D eigenvalue weighted by Gasteiger charge is 2.17. The van der Waals surface area contributed by atoms with E-state index in [4.69, 9.17) is 4.74 Å². The van der Waals surface area contributed by atoms with Gasteiger partial charge in [0, 0.05) is 26.2 Å². The summed E-state index contributed by atoms with van der Waals surface area (Å²) in [6.07, 6.45) is 1.16. The Kier molecular flexibility index (Phi) is 7.31. The van der Waals surface area contributed by atoms with Gasteiger partial charge < -0.3 is 14.8 Å². The lowest BCUT2D eigenvalue weighted by atomic mass is 10.1. The van der Waals surface area contributed by atoms with Gasteiger partial charge in [0.1, 0.15) is 11.5 Å². The Labute approximate surface area is 165 Å². The first kappa shape index (κ1) is 21.6. The summed E-state index contributed by atoms with van der Waals surface area (Å²) in [6, 6.07) is 13.2. The SMILES string of the molecule is CC(=O)CCc1ccc(OCC(=O)Nc2cccc(S(=O)(=O)N(C)C)c2)cc1. The van der Waals surface area contributed by atoms with Crippen molar-refractivity contribution in [3.05, 3.63) is 54.1 Å². The normalized spacial score (nSPS) is 11.3. The molecule has 150 valence electrons. The third-order valence-corrected chi connectivity index (χ3v) is 5.77. The largest absolute Gasteiger partial charge is 0.484 e. The number of carbonyl (C=O) groups is 2. The molecule has 1 N–H and O–H groups in total. The van der Waals surface area contributed by atoms with Crippen LogP contribution in [0.3, 0.4) is 0 Å². The topological polar surface area (TPSA) is 92.8 Å². The molecule has 1 amide bonds. The van der Waals surface area contributed by atoms with E-state index in [1.165, 1.54) is 26.2 Å². The van der Waals surface area contributed by atoms with Crippen LogP contribution < -0.4 is 10.1 Å². The minimum atomic E-state index is -3.58. The highest BCUT2D eigenvalue weighted by atomic mass is 32.2. The van der Waals surface area contributed by atoms with Crippen LogP contribution in [0.25, 0.3) is 0 Å². The van der Waals surface area contributed by atoms with E-state index in [1.807, 2.05) is 12.1 Å². The molecule has 0 aliphatic rings. The summed E-state index contributed by atoms with van der Waals surface area (Å²) in [4.78, 5) is 23.2. The minimum absolute atomic E-state index is 0.0948. The molecule has 0 heterocycles. The van der Waals surface area contributed by atoms with Crippen molar-refractivity contribution in [2.45, 2.75) is 24.7 Å². The Morgan fingerprint density at radius 1 is 1.07 bits per heavy atom. The summed E-state index contributed by atoms with van der Waals surface area (Å²) < 4.78 is 30.9. The average Bonchev–Trinajstić information content (AvgIpc) is 2.65. The molecule has 7 nitrogen and oxygen atoms in total. The monoisotopic (exact) mass is 404 g/mol. The van der Waals surface area contributed by atoms with Gasteiger partial charge in [-0.15, -0.1) is 0 Å². The second kappa shape index (κ2) is 9.48. The molecule has 0 saturated heterocycles. The Morgan fingerprint density at radius 2 is 1.75 bits per heavy atom. The molecule has 0 atom stereocenters. The van der Waals surface area contributed by atoms with Crippen LogP contribution in [-0.2, 0) is 26.0 Å². The Balaban J connectivity index is 1.92. The number of ketones is 1. The molecule has 0 bridgehead atoms. The smallest absolute Gasteiger partial charge is 0.262 e. The fraction of sp³-hybridized carbons (Fsp3) is 0.300. The summed E-state index contributed by atoms with van der Waals surface area (Å²) in [5.41, 5.74) is 1.39. The number of hydrogen-bond donors (Lipinski definition) is 1. The second-order valence-corrected chi connectivity index (χ2v) is 8.65. The number of rotatable bonds is 9. The van der Waals surface area contributed by atoms with Crippen LogP contribution >= 0.6 is 0 Å². The number of sulfonamides is 1. The van der Waals surface area contributed by atoms with E-state index in [-0.39, 0.29) is 17.3 Å². The Bertz CT molecular complexity index is 937. The van der Waals surface area contributed by atoms with Gasteiger partial charge in [0.15, 0.2) is 6.61 Å². The molecule has 0 saturated carbocycles. The molecule has 0 fully saturated rings. The first-order valence-electron chi connectivity index (χ1n) is 8.72. The van der Waals surface area contributed by atoms with Crippen LogP contribution in [0.2, 0.25) is 0 Å². The maximum atomic E-state index is 12.2. The fourth-order valence-electron chi connectivity index (χ4n) is 2.36. The molecule has 2 rings (SSSR count). The van der Waals surface area contributed by atoms with Crippen molar-refractivity contribution < 1.29 is 22.7 Å². The number of benzene rings is 2. The first-order chi connectivity index (χ1) is 13.2. The lowest BCUT2D eigenvalue weighted by molar-refractivity contribution is -0.118. The van der Waals surface area contributed by atoms with Gasteiger partial charge in [-0.2, -0.15) is 0 Å². The minimum Gasteiger partial charge on any atom is -0.484 e. The lowest BCUT2D eigenvalue weighted by Crippen LogP contribution is -2.23. The highest BCUT2D eigenvalue weighted by Crippen LogP contribution is 2.18. The number of amides is 1. The van der Waals surface area contributed by atoms with Crippen molar-refractivity contribution >= 4 is 27.4 Å². The Morgan fingerprint density at radius 3 is 2.36 bits per heavy atom. The van der Waals surface area contributed by atoms with Gasteiger partial charge in [0.05, 0.1) is 4.90 Å². The van der Waals surface area contributed by atoms with E-state index < -0.39 is 15.9 Å². The number of nitrogens with zero attached hydrogens (tertiary/aromatic N) is 1. The van der Waals surface area contributed by atoms with E-state index in [0.717, 1.165) is 9.87 Å². The number of aryl methyl sites for hydroxylation is 1. The summed E-state index contributed by atoms with van der Waals surface area (Å²) in [5.74, 6) is 0.269. The number of ether oxygens (including phenoxy) is 1. The lowest BCUT2D eigenvalue weighted by Gasteiger charge is -2.13. The highest BCUT2D eigenvalue weighted by molar-refractivity contribution is 7.89. The van der Waals surface area contributed by atoms with E-state index in [1.54, 1.807) is 31.2 Å². The Hall–Kier alpha value is -2.71. The van der Waals surface area contributed by atoms with Gasteiger partial charge in [-0.05, 0) is 49.2 Å². The van der Waals surface area contributed by atoms with Gasteiger partial charge in [-0.3, -0.25) is 4.79 Å². The van der Waals surface area contributed by atoms with E-state index in [2.05, 4.69) is 5.32 Å². The predicted octanol–water partition coefficient (Wildman–Crippen LogP) is 2.48. The molecule has 28 heavy (non-hydrogen) atoms. The molecule has 0 aromatic heterocycles. The fourth-order valence-corrected chi connectivity index (χ4v) is 3.31. The zero-order chi connectivity index (χ0) is 20.7. The quantitative estimate of drug-likeness (QED) is 0.693. The van der Waals surface area contributed by atoms with Crippen LogP contribution in [0.15, 0.2) is 53.4 Å². The van der Waals surface area contributed by atoms with Crippen LogP contribution in [0.5, 0.6) is 5.75 Å². The molecule has 0 aliphatic carbocycles. The maximum absolute atomic E-state index is 12.2. The van der Waals surface area contributed by atoms with Crippen LogP contribution in [-0.4, -0.2) is 45.1 Å². The van der Waals surface area contributed by atoms with Crippen molar-refractivity contribution in [2.75, 3.05) is 26.0 Å². The number of hydrogen-bond acceptors (Lipinski definition) is 5. The van der Waals surface area contributed by atoms with Crippen molar-refractivity contribution in [3.8, 4) is 5.75 Å². The molecular weight excluding hydrogens is 380 g/mol. The van der Waals surface area contributed by atoms with Gasteiger partial charge in [0.2, 0.25) is 10.0 Å². The van der Waals surface area contributed by atoms with Gasteiger partial charge in [-0.25, -0.2) is 12.7 Å². The zero-order valence-electron chi connectivity index (χ0n) is 16.1. The van der Waals surface area contributed by atoms with E-state index in [0.29, 0.717) is 24.3 Å². The van der Waals surface area contributed by atoms with E-state index >= 15 is 0 Å². The molecule has 0 aliphatic heterocycles. The molecule has 2 aromatic rings. The van der Waals surface area contributed by atoms with Gasteiger partial charge >= 0.3 is 0 Å². The van der Waals surface area contributed by atoms with Crippen LogP contribution in [0.4, 0.5) is 5.69 Å². The zero-order valence-corrected chi connectivity index (χ0v) is 17.0. The van der Waals surface area contributed by atoms with Crippen LogP contribution in [0, 0.1) is 0 Å². The summed E-state index contributed by atoms with van der Waals surface area (Å²) in [6.45, 7) is 1.35. The van der Waals surface area contributed by atoms with Gasteiger partial charge in [0.25, 0.3) is 5.91 Å². The van der Waals surface area contributed by atoms with Crippen molar-refractivity contribution in [3.63, 3.8) is 0 Å². The maximum Gasteiger partial charge on any atom is 0.262 e. The third kappa shape index (κ3) is 6.17. The summed E-state index contributed by atoms with van der Waals surface area (Å²) in [5, 5.41) is 2.62. The number of anilines is 1. The van der Waals surface area contributed by atoms with Gasteiger partial charge in [-0.1, -0.05) is 18.2 Å². The standard InChI is InChI=1S/C20H24N2O5S/c1-15(23)7-8-16-9-11-18(12-10-16)27-14-20(24)21-17-5-4-6-19(13-17)28(25,26)22(2)3/h4-6,9-13H,7-8,14H2,1-3H3,(H,21,24). The predicted molar refractivity (Wildman–Crippen MR) is 107 cm³/mol. The first-order valence-corrected chi connectivity index (χ1v) is 10.2. The molecule has 0 unspecified atom stereocenters. The molecule has 8 heteroatoms. The molecule has 0 spiro atoms. The van der Waals surface area contributed by atoms with Crippen molar-refractivity contribution in [1.82, 2.24) is 4.31 Å².